The zero-order valence-electron chi connectivity index (χ0n) is 12.4. The van der Waals surface area contributed by atoms with Crippen LogP contribution >= 0.6 is 0 Å². The lowest BCUT2D eigenvalue weighted by molar-refractivity contribution is -0.384. The number of nitrogens with zero attached hydrogens (tertiary/aromatic N) is 1. The molecule has 2 unspecified atom stereocenters. The highest BCUT2D eigenvalue weighted by atomic mass is 16.6. The third-order valence-electron chi connectivity index (χ3n) is 4.00. The molecule has 1 amide bonds. The molecule has 6 nitrogen and oxygen atoms in total. The number of hydrogen-bond acceptors (Lipinski definition) is 4. The fourth-order valence-corrected chi connectivity index (χ4v) is 2.78. The summed E-state index contributed by atoms with van der Waals surface area (Å²) < 4.78 is 0. The van der Waals surface area contributed by atoms with Gasteiger partial charge in [-0.15, -0.1) is 0 Å². The number of benzene rings is 1. The number of nitro benzene ring substituents is 1. The van der Waals surface area contributed by atoms with Crippen LogP contribution in [-0.4, -0.2) is 23.4 Å². The van der Waals surface area contributed by atoms with Crippen molar-refractivity contribution in [3.63, 3.8) is 0 Å². The summed E-state index contributed by atoms with van der Waals surface area (Å²) in [5, 5.41) is 17.0. The second-order valence-corrected chi connectivity index (χ2v) is 5.51. The van der Waals surface area contributed by atoms with Crippen molar-refractivity contribution in [3.8, 4) is 0 Å². The molecular weight excluding hydrogens is 270 g/mol. The molecule has 2 rings (SSSR count). The fraction of sp³-hybridized carbons (Fsp3) is 0.533. The second-order valence-electron chi connectivity index (χ2n) is 5.51. The van der Waals surface area contributed by atoms with Crippen molar-refractivity contribution in [1.82, 2.24) is 5.32 Å². The largest absolute Gasteiger partial charge is 0.380 e. The van der Waals surface area contributed by atoms with Gasteiger partial charge in [-0.2, -0.15) is 0 Å². The van der Waals surface area contributed by atoms with E-state index in [-0.39, 0.29) is 17.6 Å². The highest BCUT2D eigenvalue weighted by molar-refractivity contribution is 5.96. The smallest absolute Gasteiger partial charge is 0.293 e. The Hall–Kier alpha value is -2.11. The van der Waals surface area contributed by atoms with E-state index < -0.39 is 4.92 Å². The van der Waals surface area contributed by atoms with Crippen LogP contribution in [0, 0.1) is 16.0 Å². The number of carbonyl (C=O) groups is 1. The molecule has 2 atom stereocenters. The summed E-state index contributed by atoms with van der Waals surface area (Å²) in [5.41, 5.74) is 0.708. The summed E-state index contributed by atoms with van der Waals surface area (Å²) in [6, 6.07) is 4.73. The van der Waals surface area contributed by atoms with Crippen LogP contribution in [0.4, 0.5) is 11.4 Å². The predicted molar refractivity (Wildman–Crippen MR) is 81.5 cm³/mol. The van der Waals surface area contributed by atoms with Crippen molar-refractivity contribution in [2.75, 3.05) is 11.9 Å². The topological polar surface area (TPSA) is 84.3 Å². The van der Waals surface area contributed by atoms with Crippen LogP contribution in [0.5, 0.6) is 0 Å². The van der Waals surface area contributed by atoms with Gasteiger partial charge >= 0.3 is 0 Å². The molecule has 0 heterocycles. The minimum Gasteiger partial charge on any atom is -0.380 e. The maximum Gasteiger partial charge on any atom is 0.293 e. The summed E-state index contributed by atoms with van der Waals surface area (Å²) in [6.45, 7) is 4.58. The van der Waals surface area contributed by atoms with Crippen molar-refractivity contribution in [2.45, 2.75) is 39.2 Å². The molecule has 1 aromatic carbocycles. The van der Waals surface area contributed by atoms with Gasteiger partial charge in [0.25, 0.3) is 11.6 Å². The van der Waals surface area contributed by atoms with Crippen molar-refractivity contribution >= 4 is 17.3 Å². The number of hydrogen-bond donors (Lipinski definition) is 2. The molecule has 1 saturated carbocycles. The molecule has 0 bridgehead atoms. The summed E-state index contributed by atoms with van der Waals surface area (Å²) in [6.07, 6.45) is 3.21. The molecule has 6 heteroatoms. The van der Waals surface area contributed by atoms with Gasteiger partial charge in [-0.3, -0.25) is 14.9 Å². The van der Waals surface area contributed by atoms with Crippen LogP contribution in [0.2, 0.25) is 0 Å². The summed E-state index contributed by atoms with van der Waals surface area (Å²) in [5.74, 6) is 0.227. The Labute approximate surface area is 124 Å². The Kier molecular flexibility index (Phi) is 4.77. The molecule has 1 aliphatic carbocycles. The van der Waals surface area contributed by atoms with E-state index in [1.165, 1.54) is 6.07 Å². The number of nitro groups is 1. The Bertz CT molecular complexity index is 545. The number of nitrogens with one attached hydrogen (secondary N) is 2. The van der Waals surface area contributed by atoms with Gasteiger partial charge in [-0.1, -0.05) is 13.3 Å². The first-order chi connectivity index (χ1) is 10.0. The molecule has 0 aromatic heterocycles. The van der Waals surface area contributed by atoms with E-state index in [2.05, 4.69) is 17.6 Å². The Morgan fingerprint density at radius 1 is 1.43 bits per heavy atom. The van der Waals surface area contributed by atoms with E-state index in [4.69, 9.17) is 0 Å². The van der Waals surface area contributed by atoms with Gasteiger partial charge < -0.3 is 10.6 Å². The van der Waals surface area contributed by atoms with Crippen LogP contribution < -0.4 is 10.6 Å². The number of carbonyl (C=O) groups excluding carboxylic acids is 1. The molecule has 2 N–H and O–H groups in total. The fourth-order valence-electron chi connectivity index (χ4n) is 2.78. The summed E-state index contributed by atoms with van der Waals surface area (Å²) in [7, 11) is 0. The van der Waals surface area contributed by atoms with Gasteiger partial charge in [0.2, 0.25) is 0 Å². The van der Waals surface area contributed by atoms with Crippen LogP contribution in [0.3, 0.4) is 0 Å². The van der Waals surface area contributed by atoms with Crippen LogP contribution in [-0.2, 0) is 0 Å². The molecule has 114 valence electrons. The summed E-state index contributed by atoms with van der Waals surface area (Å²) >= 11 is 0. The molecule has 1 fully saturated rings. The average molecular weight is 291 g/mol. The molecule has 1 aliphatic rings. The van der Waals surface area contributed by atoms with E-state index in [9.17, 15) is 14.9 Å². The van der Waals surface area contributed by atoms with E-state index >= 15 is 0 Å². The van der Waals surface area contributed by atoms with E-state index in [0.29, 0.717) is 23.7 Å². The van der Waals surface area contributed by atoms with Crippen molar-refractivity contribution in [1.29, 1.82) is 0 Å². The Morgan fingerprint density at radius 2 is 2.19 bits per heavy atom. The first kappa shape index (κ1) is 15.3. The quantitative estimate of drug-likeness (QED) is 0.645. The Morgan fingerprint density at radius 3 is 2.76 bits per heavy atom. The number of amides is 1. The first-order valence-electron chi connectivity index (χ1n) is 7.36. The predicted octanol–water partition coefficient (Wildman–Crippen LogP) is 2.95. The average Bonchev–Trinajstić information content (AvgIpc) is 2.84. The lowest BCUT2D eigenvalue weighted by Crippen LogP contribution is -2.36. The summed E-state index contributed by atoms with van der Waals surface area (Å²) in [4.78, 5) is 22.9. The molecule has 1 aromatic rings. The van der Waals surface area contributed by atoms with Gasteiger partial charge in [0.15, 0.2) is 0 Å². The molecule has 0 aliphatic heterocycles. The van der Waals surface area contributed by atoms with Crippen molar-refractivity contribution in [3.05, 3.63) is 33.9 Å². The number of anilines is 1. The van der Waals surface area contributed by atoms with Gasteiger partial charge in [0, 0.05) is 24.2 Å². The zero-order chi connectivity index (χ0) is 15.4. The highest BCUT2D eigenvalue weighted by Gasteiger charge is 2.26. The molecule has 0 saturated heterocycles. The number of rotatable bonds is 5. The van der Waals surface area contributed by atoms with E-state index in [1.807, 2.05) is 6.92 Å². The monoisotopic (exact) mass is 291 g/mol. The van der Waals surface area contributed by atoms with Crippen molar-refractivity contribution < 1.29 is 9.72 Å². The second kappa shape index (κ2) is 6.56. The minimum absolute atomic E-state index is 0.0658. The van der Waals surface area contributed by atoms with Crippen LogP contribution in [0.25, 0.3) is 0 Å². The van der Waals surface area contributed by atoms with Gasteiger partial charge in [0.1, 0.15) is 5.69 Å². The maximum atomic E-state index is 12.2. The molecule has 0 radical (unpaired) electrons. The lowest BCUT2D eigenvalue weighted by atomic mass is 10.1. The zero-order valence-corrected chi connectivity index (χ0v) is 12.4. The van der Waals surface area contributed by atoms with Crippen molar-refractivity contribution in [2.24, 2.45) is 5.92 Å². The SMILES string of the molecule is CCNc1ccc(C(=O)NC2CCCC2C)cc1[N+](=O)[O-]. The molecular formula is C15H21N3O3. The van der Waals surface area contributed by atoms with E-state index in [1.54, 1.807) is 12.1 Å². The minimum atomic E-state index is -0.465. The Balaban J connectivity index is 2.17. The maximum absolute atomic E-state index is 12.2. The lowest BCUT2D eigenvalue weighted by Gasteiger charge is -2.17. The highest BCUT2D eigenvalue weighted by Crippen LogP contribution is 2.27. The van der Waals surface area contributed by atoms with Crippen LogP contribution in [0.15, 0.2) is 18.2 Å². The van der Waals surface area contributed by atoms with Gasteiger partial charge in [-0.05, 0) is 37.8 Å². The molecule has 21 heavy (non-hydrogen) atoms. The van der Waals surface area contributed by atoms with Gasteiger partial charge in [-0.25, -0.2) is 0 Å². The van der Waals surface area contributed by atoms with E-state index in [0.717, 1.165) is 19.3 Å². The standard InChI is InChI=1S/C15H21N3O3/c1-3-16-13-8-7-11(9-14(13)18(20)21)15(19)17-12-6-4-5-10(12)2/h7-10,12,16H,3-6H2,1-2H3,(H,17,19). The third kappa shape index (κ3) is 3.51. The normalized spacial score (nSPS) is 21.0. The first-order valence-corrected chi connectivity index (χ1v) is 7.36. The molecule has 0 spiro atoms. The third-order valence-corrected chi connectivity index (χ3v) is 4.00. The van der Waals surface area contributed by atoms with Crippen LogP contribution in [0.1, 0.15) is 43.5 Å². The van der Waals surface area contributed by atoms with Gasteiger partial charge in [0.05, 0.1) is 4.92 Å².